The molecule has 0 saturated heterocycles. The van der Waals surface area contributed by atoms with Crippen LogP contribution in [0.2, 0.25) is 0 Å². The first-order valence-electron chi connectivity index (χ1n) is 38.8. The zero-order valence-electron chi connectivity index (χ0n) is 66.7. The number of fused-ring (bicyclic) bond motifs is 8. The van der Waals surface area contributed by atoms with Gasteiger partial charge in [0.05, 0.1) is 137 Å². The maximum Gasteiger partial charge on any atom is 0.312 e. The first kappa shape index (κ1) is 85.0. The summed E-state index contributed by atoms with van der Waals surface area (Å²) in [5, 5.41) is 41.1. The van der Waals surface area contributed by atoms with Crippen LogP contribution in [0.4, 0.5) is 0 Å². The predicted molar refractivity (Wildman–Crippen MR) is 477 cm³/mol. The molecule has 4 aromatic carbocycles. The second-order valence-corrected chi connectivity index (χ2v) is 36.6. The van der Waals surface area contributed by atoms with Crippen molar-refractivity contribution in [1.29, 1.82) is 0 Å². The number of aryl methyl sites for hydroxylation is 4. The third-order valence-corrected chi connectivity index (χ3v) is 26.8. The summed E-state index contributed by atoms with van der Waals surface area (Å²) in [4.78, 5) is 122. The second-order valence-electron chi connectivity index (χ2n) is 29.2. The van der Waals surface area contributed by atoms with E-state index in [0.717, 1.165) is 132 Å². The molecule has 34 heteroatoms. The van der Waals surface area contributed by atoms with Crippen LogP contribution in [0.3, 0.4) is 0 Å². The van der Waals surface area contributed by atoms with E-state index in [1.807, 2.05) is 147 Å². The van der Waals surface area contributed by atoms with Crippen LogP contribution in [0.25, 0.3) is 84.0 Å². The first-order chi connectivity index (χ1) is 57.5. The van der Waals surface area contributed by atoms with Crippen molar-refractivity contribution in [1.82, 2.24) is 64.0 Å². The van der Waals surface area contributed by atoms with Crippen LogP contribution in [-0.4, -0.2) is 140 Å². The smallest absolute Gasteiger partial charge is 0.312 e. The number of benzene rings is 4. The van der Waals surface area contributed by atoms with Crippen LogP contribution in [0, 0.1) is 27.7 Å². The highest BCUT2D eigenvalue weighted by Gasteiger charge is 2.25. The van der Waals surface area contributed by atoms with E-state index >= 15 is 0 Å². The summed E-state index contributed by atoms with van der Waals surface area (Å²) in [6.07, 6.45) is 6.91. The van der Waals surface area contributed by atoms with Crippen molar-refractivity contribution in [3.05, 3.63) is 222 Å². The Morgan fingerprint density at radius 3 is 1.04 bits per heavy atom. The molecular weight excluding hydrogens is 1670 g/mol. The van der Waals surface area contributed by atoms with Gasteiger partial charge in [-0.15, -0.1) is 45.3 Å². The molecule has 119 heavy (non-hydrogen) atoms. The summed E-state index contributed by atoms with van der Waals surface area (Å²) in [5.41, 5.74) is 15.2. The number of hydrogen-bond donors (Lipinski definition) is 1. The van der Waals surface area contributed by atoms with E-state index in [1.54, 1.807) is 44.8 Å². The van der Waals surface area contributed by atoms with Gasteiger partial charge < -0.3 is 29.6 Å². The average molecular weight is 1750 g/mol. The minimum atomic E-state index is -0.411. The lowest BCUT2D eigenvalue weighted by Gasteiger charge is -2.21. The SMILES string of the molecule is CCC(CC)OC(=O)Cc1nn(Cc2nc3cc(C)ccc3s2)c(=O)c2cscc12.Cc1ccc2sc(Cn3nc(CC(=O)OC4CCCCC4)c4cscc4c3=O)nc2c1.Cc1ccc2sc(Cn3nc(CC(=O)OCCN(C)C)c4cscc4c3=O)nc2c1.Cc1ccc2sc(Cn3nc(CC(=O)OCCN)c4cscc4c3=O)nc2c1. The molecule has 0 radical (unpaired) electrons. The molecule has 0 unspecified atom stereocenters. The summed E-state index contributed by atoms with van der Waals surface area (Å²) in [5.74, 6) is -1.35. The number of likely N-dealkylation sites (N-methyl/N-ethyl adjacent to an activating group) is 1. The molecule has 16 aromatic rings. The van der Waals surface area contributed by atoms with Crippen molar-refractivity contribution in [2.45, 2.75) is 151 Å². The molecular formula is C85H86N14O12S8. The zero-order valence-corrected chi connectivity index (χ0v) is 73.2. The van der Waals surface area contributed by atoms with E-state index < -0.39 is 5.97 Å². The summed E-state index contributed by atoms with van der Waals surface area (Å²) in [6.45, 7) is 14.6. The molecule has 616 valence electrons. The van der Waals surface area contributed by atoms with E-state index in [4.69, 9.17) is 24.7 Å². The summed E-state index contributed by atoms with van der Waals surface area (Å²) >= 11 is 11.9. The summed E-state index contributed by atoms with van der Waals surface area (Å²) < 4.78 is 31.5. The number of hydrogen-bond acceptors (Lipinski definition) is 30. The van der Waals surface area contributed by atoms with Crippen molar-refractivity contribution in [2.24, 2.45) is 5.73 Å². The number of ether oxygens (including phenoxy) is 4. The molecule has 17 rings (SSSR count). The average Bonchev–Trinajstić information content (AvgIpc) is 1.67. The molecule has 1 aliphatic rings. The van der Waals surface area contributed by atoms with Crippen LogP contribution in [-0.2, 0) is 90.0 Å². The third-order valence-electron chi connectivity index (χ3n) is 19.7. The van der Waals surface area contributed by atoms with Crippen molar-refractivity contribution in [3.8, 4) is 0 Å². The highest BCUT2D eigenvalue weighted by molar-refractivity contribution is 7.19. The normalized spacial score (nSPS) is 12.4. The van der Waals surface area contributed by atoms with Crippen LogP contribution < -0.4 is 28.0 Å². The lowest BCUT2D eigenvalue weighted by molar-refractivity contribution is -0.150. The van der Waals surface area contributed by atoms with E-state index in [0.29, 0.717) is 68.2 Å². The number of thiazole rings is 4. The molecule has 1 saturated carbocycles. The van der Waals surface area contributed by atoms with E-state index in [-0.39, 0.29) is 117 Å². The molecule has 2 N–H and O–H groups in total. The number of rotatable bonds is 25. The zero-order chi connectivity index (χ0) is 83.5. The monoisotopic (exact) mass is 1750 g/mol. The Balaban J connectivity index is 0.000000130. The largest absolute Gasteiger partial charge is 0.464 e. The molecule has 0 atom stereocenters. The first-order valence-corrected chi connectivity index (χ1v) is 45.9. The van der Waals surface area contributed by atoms with Crippen molar-refractivity contribution >= 4 is 199 Å². The number of nitrogens with zero attached hydrogens (tertiary/aromatic N) is 13. The number of carbonyl (C=O) groups excluding carboxylic acids is 4. The standard InChI is InChI=1S/C23H23N3O3S2.C22H23N3O3S2.C21H22N4O3S2.C19H18N4O3S2/c1-14-7-8-20-19(9-14)24-21(31-20)11-26-23(28)17-13-30-12-16(17)18(25-26)10-22(27)29-15-5-3-2-4-6-15;1-4-14(5-2)28-21(26)9-17-15-11-29-12-16(15)22(27)25(24-17)10-20-23-18-8-13(3)6-7-19(18)30-20;1-13-4-5-18-17(8-13)22-19(30-18)10-25-21(27)15-12-29-11-14(15)16(23-25)9-20(26)28-7-6-24(2)3;1-11-2-3-16-15(6-11)21-17(28-16)8-23-19(25)13-10-27-9-12(13)14(22-23)7-18(24)26-5-4-20/h7-9,12-13,15H,2-6,10-11H2,1H3;6-8,11-12,14H,4-5,9-10H2,1-3H3;4-5,8,11-12H,6-7,9-10H2,1-3H3;2-3,6,9-10H,4-5,7-8,20H2,1H3. The lowest BCUT2D eigenvalue weighted by Crippen LogP contribution is -2.27. The lowest BCUT2D eigenvalue weighted by atomic mass is 9.98. The van der Waals surface area contributed by atoms with E-state index in [2.05, 4.69) is 58.5 Å². The minimum absolute atomic E-state index is 0.00739. The van der Waals surface area contributed by atoms with Crippen molar-refractivity contribution in [2.75, 3.05) is 40.4 Å². The minimum Gasteiger partial charge on any atom is -0.464 e. The van der Waals surface area contributed by atoms with Crippen molar-refractivity contribution < 1.29 is 38.1 Å². The highest BCUT2D eigenvalue weighted by Crippen LogP contribution is 2.31. The Labute approximate surface area is 714 Å². The Morgan fingerprint density at radius 2 is 0.731 bits per heavy atom. The predicted octanol–water partition coefficient (Wildman–Crippen LogP) is 15.1. The molecule has 0 bridgehead atoms. The summed E-state index contributed by atoms with van der Waals surface area (Å²) in [6, 6.07) is 24.5. The van der Waals surface area contributed by atoms with Gasteiger partial charge in [-0.2, -0.15) is 65.7 Å². The van der Waals surface area contributed by atoms with Crippen molar-refractivity contribution in [3.63, 3.8) is 0 Å². The van der Waals surface area contributed by atoms with Gasteiger partial charge in [-0.25, -0.2) is 38.7 Å². The van der Waals surface area contributed by atoms with E-state index in [9.17, 15) is 38.4 Å². The molecule has 26 nitrogen and oxygen atoms in total. The number of thiophene rings is 4. The molecule has 12 aromatic heterocycles. The van der Waals surface area contributed by atoms with Crippen LogP contribution >= 0.6 is 90.7 Å². The molecule has 1 fully saturated rings. The van der Waals surface area contributed by atoms with Gasteiger partial charge in [0.1, 0.15) is 45.5 Å². The van der Waals surface area contributed by atoms with E-state index in [1.165, 1.54) is 81.8 Å². The fraction of sp³-hybridized carbons (Fsp3) is 0.341. The maximum absolute atomic E-state index is 13.0. The quantitative estimate of drug-likeness (QED) is 0.0410. The Bertz CT molecular complexity index is 6660. The van der Waals surface area contributed by atoms with Crippen LogP contribution in [0.5, 0.6) is 0 Å². The molecule has 0 amide bonds. The molecule has 12 heterocycles. The van der Waals surface area contributed by atoms with Crippen LogP contribution in [0.1, 0.15) is 124 Å². The number of aromatic nitrogens is 12. The van der Waals surface area contributed by atoms with Gasteiger partial charge in [0, 0.05) is 77.7 Å². The highest BCUT2D eigenvalue weighted by atomic mass is 32.1. The number of nitrogens with two attached hydrogens (primary N) is 1. The second kappa shape index (κ2) is 38.8. The topological polar surface area (TPSA) is 326 Å². The number of esters is 4. The Hall–Kier alpha value is -10.4. The molecule has 1 aliphatic carbocycles. The van der Waals surface area contributed by atoms with Gasteiger partial charge >= 0.3 is 23.9 Å². The van der Waals surface area contributed by atoms with Gasteiger partial charge in [-0.05, 0) is 151 Å². The third kappa shape index (κ3) is 20.9. The van der Waals surface area contributed by atoms with Gasteiger partial charge in [-0.3, -0.25) is 38.4 Å². The van der Waals surface area contributed by atoms with Gasteiger partial charge in [0.2, 0.25) is 0 Å². The Kier molecular flexibility index (Phi) is 27.7. The van der Waals surface area contributed by atoms with Gasteiger partial charge in [0.25, 0.3) is 22.2 Å². The van der Waals surface area contributed by atoms with Gasteiger partial charge in [0.15, 0.2) is 0 Å². The fourth-order valence-electron chi connectivity index (χ4n) is 13.6. The van der Waals surface area contributed by atoms with Gasteiger partial charge in [-0.1, -0.05) is 44.5 Å². The Morgan fingerprint density at radius 1 is 0.429 bits per heavy atom. The molecule has 0 aliphatic heterocycles. The van der Waals surface area contributed by atoms with Crippen LogP contribution in [0.15, 0.2) is 135 Å². The number of carbonyl (C=O) groups is 4. The fourth-order valence-corrected chi connectivity index (χ4v) is 20.7. The molecule has 0 spiro atoms. The maximum atomic E-state index is 13.0. The summed E-state index contributed by atoms with van der Waals surface area (Å²) in [7, 11) is 3.84.